The monoisotopic (exact) mass is 487 g/mol. The van der Waals surface area contributed by atoms with Gasteiger partial charge in [0.1, 0.15) is 0 Å². The molecule has 3 heterocycles. The number of para-hydroxylation sites is 1. The summed E-state index contributed by atoms with van der Waals surface area (Å²) in [5.41, 5.74) is 5.06. The van der Waals surface area contributed by atoms with Gasteiger partial charge in [-0.05, 0) is 38.8 Å². The fourth-order valence-corrected chi connectivity index (χ4v) is 5.16. The summed E-state index contributed by atoms with van der Waals surface area (Å²) in [7, 11) is 0. The largest absolute Gasteiger partial charge is 0.376 e. The highest BCUT2D eigenvalue weighted by Crippen LogP contribution is 2.33. The molecule has 1 unspecified atom stereocenters. The van der Waals surface area contributed by atoms with E-state index >= 15 is 0 Å². The topological polar surface area (TPSA) is 81.9 Å². The van der Waals surface area contributed by atoms with E-state index in [1.54, 1.807) is 0 Å². The summed E-state index contributed by atoms with van der Waals surface area (Å²) in [4.78, 5) is 17.3. The van der Waals surface area contributed by atoms with Gasteiger partial charge in [-0.25, -0.2) is 4.98 Å². The summed E-state index contributed by atoms with van der Waals surface area (Å²) in [6.45, 7) is 6.19. The average Bonchev–Trinajstić information content (AvgIpc) is 3.55. The van der Waals surface area contributed by atoms with Crippen LogP contribution in [-0.2, 0) is 16.1 Å². The smallest absolute Gasteiger partial charge is 0.230 e. The number of carbonyl (C=O) groups excluding carboxylic acids is 1. The van der Waals surface area contributed by atoms with Gasteiger partial charge >= 0.3 is 0 Å². The second kappa shape index (κ2) is 10.6. The molecule has 1 aliphatic heterocycles. The number of rotatable bonds is 8. The van der Waals surface area contributed by atoms with Crippen molar-refractivity contribution >= 4 is 28.6 Å². The molecule has 2 aromatic carbocycles. The molecule has 180 valence electrons. The van der Waals surface area contributed by atoms with E-state index < -0.39 is 0 Å². The van der Waals surface area contributed by atoms with Crippen LogP contribution in [-0.4, -0.2) is 50.7 Å². The molecule has 0 radical (unpaired) electrons. The zero-order valence-electron chi connectivity index (χ0n) is 20.0. The third-order valence-electron chi connectivity index (χ3n) is 6.22. The van der Waals surface area contributed by atoms with E-state index in [4.69, 9.17) is 9.72 Å². The first-order valence-electron chi connectivity index (χ1n) is 12.0. The fourth-order valence-electron chi connectivity index (χ4n) is 4.33. The third-order valence-corrected chi connectivity index (χ3v) is 7.19. The van der Waals surface area contributed by atoms with Gasteiger partial charge in [0.25, 0.3) is 0 Å². The fraction of sp³-hybridized carbons (Fsp3) is 0.333. The van der Waals surface area contributed by atoms with Crippen LogP contribution in [0.5, 0.6) is 0 Å². The number of aryl methyl sites for hydroxylation is 1. The van der Waals surface area contributed by atoms with Crippen molar-refractivity contribution in [3.05, 3.63) is 60.2 Å². The van der Waals surface area contributed by atoms with Crippen LogP contribution in [0.1, 0.15) is 25.3 Å². The molecule has 1 saturated heterocycles. The molecule has 1 amide bonds. The minimum atomic E-state index is -0.0197. The van der Waals surface area contributed by atoms with Crippen LogP contribution in [0.4, 0.5) is 0 Å². The lowest BCUT2D eigenvalue weighted by atomic mass is 10.0. The van der Waals surface area contributed by atoms with E-state index in [0.717, 1.165) is 58.2 Å². The second-order valence-electron chi connectivity index (χ2n) is 8.72. The number of ether oxygens (including phenoxy) is 1. The maximum Gasteiger partial charge on any atom is 0.230 e. The van der Waals surface area contributed by atoms with Crippen LogP contribution in [0.2, 0.25) is 0 Å². The molecular formula is C27H29N5O2S. The number of nitrogens with zero attached hydrogens (tertiary/aromatic N) is 4. The standard InChI is InChI=1S/C27H29N5O2S/c1-3-32-26(30-31-27(32)35-17-25(33)28-16-20-7-6-14-34-20)22-15-24(19-12-10-18(2)11-13-19)29-23-9-5-4-8-21(22)23/h4-5,8-13,15,20H,3,6-7,14,16-17H2,1-2H3,(H,28,33). The SMILES string of the molecule is CCn1c(SCC(=O)NCC2CCCO2)nnc1-c1cc(-c2ccc(C)cc2)nc2ccccc12. The number of aromatic nitrogens is 4. The lowest BCUT2D eigenvalue weighted by molar-refractivity contribution is -0.119. The Morgan fingerprint density at radius 1 is 1.17 bits per heavy atom. The Bertz CT molecular complexity index is 1330. The first-order chi connectivity index (χ1) is 17.1. The average molecular weight is 488 g/mol. The van der Waals surface area contributed by atoms with Crippen molar-refractivity contribution in [2.24, 2.45) is 0 Å². The van der Waals surface area contributed by atoms with Crippen LogP contribution < -0.4 is 5.32 Å². The van der Waals surface area contributed by atoms with Crippen LogP contribution in [0, 0.1) is 6.92 Å². The number of carbonyl (C=O) groups is 1. The Morgan fingerprint density at radius 3 is 2.77 bits per heavy atom. The number of fused-ring (bicyclic) bond motifs is 1. The highest BCUT2D eigenvalue weighted by atomic mass is 32.2. The summed E-state index contributed by atoms with van der Waals surface area (Å²) < 4.78 is 7.65. The minimum Gasteiger partial charge on any atom is -0.376 e. The molecule has 0 saturated carbocycles. The Balaban J connectivity index is 1.42. The van der Waals surface area contributed by atoms with Crippen molar-refractivity contribution in [2.45, 2.75) is 44.5 Å². The van der Waals surface area contributed by atoms with E-state index in [1.807, 2.05) is 18.2 Å². The van der Waals surface area contributed by atoms with Crippen molar-refractivity contribution in [2.75, 3.05) is 18.9 Å². The van der Waals surface area contributed by atoms with Crippen molar-refractivity contribution in [3.8, 4) is 22.6 Å². The molecule has 0 spiro atoms. The lowest BCUT2D eigenvalue weighted by Crippen LogP contribution is -2.32. The molecular weight excluding hydrogens is 458 g/mol. The van der Waals surface area contributed by atoms with Crippen molar-refractivity contribution in [1.82, 2.24) is 25.1 Å². The Hall–Kier alpha value is -3.23. The molecule has 7 nitrogen and oxygen atoms in total. The van der Waals surface area contributed by atoms with E-state index in [0.29, 0.717) is 13.1 Å². The third kappa shape index (κ3) is 5.23. The van der Waals surface area contributed by atoms with Gasteiger partial charge in [-0.2, -0.15) is 0 Å². The zero-order chi connectivity index (χ0) is 24.2. The predicted molar refractivity (Wildman–Crippen MR) is 139 cm³/mol. The summed E-state index contributed by atoms with van der Waals surface area (Å²) >= 11 is 1.41. The molecule has 1 fully saturated rings. The summed E-state index contributed by atoms with van der Waals surface area (Å²) in [6.07, 6.45) is 2.20. The minimum absolute atomic E-state index is 0.0197. The number of hydrogen-bond acceptors (Lipinski definition) is 6. The van der Waals surface area contributed by atoms with Gasteiger partial charge in [0, 0.05) is 36.2 Å². The Kier molecular flexibility index (Phi) is 7.11. The molecule has 8 heteroatoms. The maximum atomic E-state index is 12.4. The molecule has 1 aliphatic rings. The van der Waals surface area contributed by atoms with Crippen molar-refractivity contribution in [1.29, 1.82) is 0 Å². The summed E-state index contributed by atoms with van der Waals surface area (Å²) in [5.74, 6) is 1.05. The quantitative estimate of drug-likeness (QED) is 0.357. The lowest BCUT2D eigenvalue weighted by Gasteiger charge is -2.12. The van der Waals surface area contributed by atoms with Crippen LogP contribution >= 0.6 is 11.8 Å². The van der Waals surface area contributed by atoms with E-state index in [9.17, 15) is 4.79 Å². The van der Waals surface area contributed by atoms with Crippen LogP contribution in [0.15, 0.2) is 59.8 Å². The van der Waals surface area contributed by atoms with E-state index in [-0.39, 0.29) is 17.8 Å². The molecule has 2 aromatic heterocycles. The first-order valence-corrected chi connectivity index (χ1v) is 13.0. The van der Waals surface area contributed by atoms with Gasteiger partial charge in [0.2, 0.25) is 5.91 Å². The van der Waals surface area contributed by atoms with E-state index in [1.165, 1.54) is 17.3 Å². The predicted octanol–water partition coefficient (Wildman–Crippen LogP) is 4.88. The molecule has 5 rings (SSSR count). The second-order valence-corrected chi connectivity index (χ2v) is 9.66. The normalized spacial score (nSPS) is 15.5. The number of thioether (sulfide) groups is 1. The molecule has 0 bridgehead atoms. The zero-order valence-corrected chi connectivity index (χ0v) is 20.8. The molecule has 1 N–H and O–H groups in total. The maximum absolute atomic E-state index is 12.4. The molecule has 0 aliphatic carbocycles. The van der Waals surface area contributed by atoms with Crippen molar-refractivity contribution < 1.29 is 9.53 Å². The van der Waals surface area contributed by atoms with Gasteiger partial charge in [0.15, 0.2) is 11.0 Å². The Morgan fingerprint density at radius 2 is 2.00 bits per heavy atom. The molecule has 4 aromatic rings. The van der Waals surface area contributed by atoms with Crippen LogP contribution in [0.25, 0.3) is 33.5 Å². The number of benzene rings is 2. The first kappa shape index (κ1) is 23.5. The number of pyridine rings is 1. The van der Waals surface area contributed by atoms with Crippen molar-refractivity contribution in [3.63, 3.8) is 0 Å². The van der Waals surface area contributed by atoms with Gasteiger partial charge in [-0.15, -0.1) is 10.2 Å². The highest BCUT2D eigenvalue weighted by molar-refractivity contribution is 7.99. The number of nitrogens with one attached hydrogen (secondary N) is 1. The highest BCUT2D eigenvalue weighted by Gasteiger charge is 2.19. The van der Waals surface area contributed by atoms with Gasteiger partial charge < -0.3 is 14.6 Å². The molecule has 35 heavy (non-hydrogen) atoms. The van der Waals surface area contributed by atoms with Gasteiger partial charge in [-0.3, -0.25) is 4.79 Å². The summed E-state index contributed by atoms with van der Waals surface area (Å²) in [6, 6.07) is 18.6. The Labute approximate surface area is 209 Å². The van der Waals surface area contributed by atoms with Crippen LogP contribution in [0.3, 0.4) is 0 Å². The number of hydrogen-bond donors (Lipinski definition) is 1. The van der Waals surface area contributed by atoms with E-state index in [2.05, 4.69) is 70.3 Å². The van der Waals surface area contributed by atoms with Gasteiger partial charge in [0.05, 0.1) is 23.1 Å². The van der Waals surface area contributed by atoms with Gasteiger partial charge in [-0.1, -0.05) is 59.8 Å². The molecule has 1 atom stereocenters. The summed E-state index contributed by atoms with van der Waals surface area (Å²) in [5, 5.41) is 13.7. The number of amides is 1.